The van der Waals surface area contributed by atoms with E-state index in [4.69, 9.17) is 0 Å². The smallest absolute Gasteiger partial charge is 0.267 e. The summed E-state index contributed by atoms with van der Waals surface area (Å²) in [6, 6.07) is 23.6. The molecule has 0 aliphatic rings. The standard InChI is InChI=1S/C23H18N4O3/c28-21(17-11-5-4-10-16(17)14-15-8-2-1-3-9-15)26-27-23(30)20-18-12-6-7-13-19(18)22(29)25-24-20/h1-13H,14H2,(H,25,29)(H,26,28)(H,27,30). The van der Waals surface area contributed by atoms with E-state index in [2.05, 4.69) is 21.0 Å². The minimum atomic E-state index is -0.628. The van der Waals surface area contributed by atoms with Gasteiger partial charge in [-0.1, -0.05) is 66.7 Å². The zero-order chi connectivity index (χ0) is 20.9. The average molecular weight is 398 g/mol. The maximum Gasteiger partial charge on any atom is 0.290 e. The number of carbonyl (C=O) groups excluding carboxylic acids is 2. The molecule has 0 saturated heterocycles. The Labute approximate surface area is 171 Å². The molecule has 4 aromatic rings. The molecule has 0 radical (unpaired) electrons. The first-order chi connectivity index (χ1) is 14.6. The summed E-state index contributed by atoms with van der Waals surface area (Å²) in [6.45, 7) is 0. The number of hydrazine groups is 1. The molecular weight excluding hydrogens is 380 g/mol. The van der Waals surface area contributed by atoms with Gasteiger partial charge in [0.1, 0.15) is 0 Å². The molecule has 0 atom stereocenters. The van der Waals surface area contributed by atoms with Crippen LogP contribution < -0.4 is 16.4 Å². The van der Waals surface area contributed by atoms with Gasteiger partial charge >= 0.3 is 0 Å². The van der Waals surface area contributed by atoms with E-state index in [0.29, 0.717) is 22.8 Å². The topological polar surface area (TPSA) is 104 Å². The number of H-pyrrole nitrogens is 1. The van der Waals surface area contributed by atoms with Crippen LogP contribution in [-0.2, 0) is 6.42 Å². The minimum Gasteiger partial charge on any atom is -0.267 e. The number of hydrogen-bond acceptors (Lipinski definition) is 4. The van der Waals surface area contributed by atoms with E-state index in [0.717, 1.165) is 11.1 Å². The van der Waals surface area contributed by atoms with Gasteiger partial charge < -0.3 is 0 Å². The minimum absolute atomic E-state index is 0.0167. The van der Waals surface area contributed by atoms with Crippen molar-refractivity contribution in [3.8, 4) is 0 Å². The van der Waals surface area contributed by atoms with Crippen LogP contribution in [0.4, 0.5) is 0 Å². The fourth-order valence-electron chi connectivity index (χ4n) is 3.24. The van der Waals surface area contributed by atoms with Crippen LogP contribution in [0.5, 0.6) is 0 Å². The van der Waals surface area contributed by atoms with Gasteiger partial charge in [0.15, 0.2) is 5.69 Å². The Hall–Kier alpha value is -4.26. The summed E-state index contributed by atoms with van der Waals surface area (Å²) < 4.78 is 0. The molecule has 0 saturated carbocycles. The van der Waals surface area contributed by atoms with Gasteiger partial charge in [0.25, 0.3) is 17.4 Å². The lowest BCUT2D eigenvalue weighted by Gasteiger charge is -2.11. The van der Waals surface area contributed by atoms with Crippen LogP contribution in [0.15, 0.2) is 83.7 Å². The van der Waals surface area contributed by atoms with E-state index in [9.17, 15) is 14.4 Å². The molecule has 0 fully saturated rings. The highest BCUT2D eigenvalue weighted by Gasteiger charge is 2.16. The highest BCUT2D eigenvalue weighted by Crippen LogP contribution is 2.15. The van der Waals surface area contributed by atoms with Crippen LogP contribution in [0.25, 0.3) is 10.8 Å². The van der Waals surface area contributed by atoms with E-state index in [1.165, 1.54) is 0 Å². The predicted octanol–water partition coefficient (Wildman–Crippen LogP) is 2.59. The first kappa shape index (κ1) is 19.1. The Morgan fingerprint density at radius 1 is 0.767 bits per heavy atom. The molecule has 4 rings (SSSR count). The molecule has 148 valence electrons. The fraction of sp³-hybridized carbons (Fsp3) is 0.0435. The number of carbonyl (C=O) groups is 2. The molecule has 1 aromatic heterocycles. The zero-order valence-electron chi connectivity index (χ0n) is 15.9. The SMILES string of the molecule is O=C(NNC(=O)c1n[nH]c(=O)c2ccccc12)c1ccccc1Cc1ccccc1. The molecule has 7 nitrogen and oxygen atoms in total. The summed E-state index contributed by atoms with van der Waals surface area (Å²) in [5.41, 5.74) is 6.81. The maximum absolute atomic E-state index is 12.7. The first-order valence-corrected chi connectivity index (χ1v) is 9.33. The lowest BCUT2D eigenvalue weighted by atomic mass is 9.99. The Morgan fingerprint density at radius 3 is 2.20 bits per heavy atom. The van der Waals surface area contributed by atoms with Crippen molar-refractivity contribution in [2.24, 2.45) is 0 Å². The van der Waals surface area contributed by atoms with E-state index < -0.39 is 11.8 Å². The lowest BCUT2D eigenvalue weighted by molar-refractivity contribution is 0.0844. The number of aromatic nitrogens is 2. The summed E-state index contributed by atoms with van der Waals surface area (Å²) >= 11 is 0. The van der Waals surface area contributed by atoms with Gasteiger partial charge in [-0.3, -0.25) is 25.2 Å². The highest BCUT2D eigenvalue weighted by atomic mass is 16.2. The Bertz CT molecular complexity index is 1280. The van der Waals surface area contributed by atoms with E-state index in [1.807, 2.05) is 42.5 Å². The molecule has 0 bridgehead atoms. The average Bonchev–Trinajstić information content (AvgIpc) is 2.79. The number of amides is 2. The number of benzene rings is 3. The van der Waals surface area contributed by atoms with E-state index in [-0.39, 0.29) is 11.3 Å². The van der Waals surface area contributed by atoms with Gasteiger partial charge in [0, 0.05) is 10.9 Å². The second-order valence-corrected chi connectivity index (χ2v) is 6.67. The quantitative estimate of drug-likeness (QED) is 0.460. The van der Waals surface area contributed by atoms with Gasteiger partial charge in [-0.25, -0.2) is 5.10 Å². The Kier molecular flexibility index (Phi) is 5.34. The molecule has 3 N–H and O–H groups in total. The monoisotopic (exact) mass is 398 g/mol. The second kappa shape index (κ2) is 8.40. The predicted molar refractivity (Wildman–Crippen MR) is 113 cm³/mol. The van der Waals surface area contributed by atoms with Crippen molar-refractivity contribution in [3.05, 3.63) is 112 Å². The molecule has 1 heterocycles. The maximum atomic E-state index is 12.7. The summed E-state index contributed by atoms with van der Waals surface area (Å²) in [7, 11) is 0. The van der Waals surface area contributed by atoms with Crippen LogP contribution in [-0.4, -0.2) is 22.0 Å². The largest absolute Gasteiger partial charge is 0.290 e. The summed E-state index contributed by atoms with van der Waals surface area (Å²) in [5, 5.41) is 6.88. The normalized spacial score (nSPS) is 10.5. The third-order valence-corrected chi connectivity index (χ3v) is 4.70. The third-order valence-electron chi connectivity index (χ3n) is 4.70. The number of rotatable bonds is 4. The zero-order valence-corrected chi connectivity index (χ0v) is 15.9. The Morgan fingerprint density at radius 2 is 1.40 bits per heavy atom. The van der Waals surface area contributed by atoms with Gasteiger partial charge in [0.2, 0.25) is 0 Å². The third kappa shape index (κ3) is 3.95. The molecular formula is C23H18N4O3. The van der Waals surface area contributed by atoms with Crippen molar-refractivity contribution in [1.82, 2.24) is 21.0 Å². The Balaban J connectivity index is 1.52. The number of nitrogens with zero attached hydrogens (tertiary/aromatic N) is 1. The first-order valence-electron chi connectivity index (χ1n) is 9.33. The van der Waals surface area contributed by atoms with E-state index in [1.54, 1.807) is 36.4 Å². The number of hydrogen-bond donors (Lipinski definition) is 3. The van der Waals surface area contributed by atoms with Crippen molar-refractivity contribution in [2.75, 3.05) is 0 Å². The van der Waals surface area contributed by atoms with Gasteiger partial charge in [0.05, 0.1) is 5.39 Å². The van der Waals surface area contributed by atoms with Crippen molar-refractivity contribution in [3.63, 3.8) is 0 Å². The van der Waals surface area contributed by atoms with Crippen LogP contribution in [0.1, 0.15) is 32.0 Å². The van der Waals surface area contributed by atoms with Crippen LogP contribution in [0.3, 0.4) is 0 Å². The molecule has 0 unspecified atom stereocenters. The van der Waals surface area contributed by atoms with Gasteiger partial charge in [-0.15, -0.1) is 0 Å². The number of fused-ring (bicyclic) bond motifs is 1. The van der Waals surface area contributed by atoms with Crippen molar-refractivity contribution < 1.29 is 9.59 Å². The molecule has 2 amide bonds. The summed E-state index contributed by atoms with van der Waals surface area (Å²) in [4.78, 5) is 37.1. The van der Waals surface area contributed by atoms with Crippen molar-refractivity contribution in [2.45, 2.75) is 6.42 Å². The van der Waals surface area contributed by atoms with Crippen LogP contribution in [0.2, 0.25) is 0 Å². The second-order valence-electron chi connectivity index (χ2n) is 6.67. The summed E-state index contributed by atoms with van der Waals surface area (Å²) in [5.74, 6) is -1.07. The number of aromatic amines is 1. The molecule has 30 heavy (non-hydrogen) atoms. The lowest BCUT2D eigenvalue weighted by Crippen LogP contribution is -2.42. The fourth-order valence-corrected chi connectivity index (χ4v) is 3.24. The number of nitrogens with one attached hydrogen (secondary N) is 3. The van der Waals surface area contributed by atoms with Crippen LogP contribution >= 0.6 is 0 Å². The molecule has 0 aliphatic heterocycles. The molecule has 7 heteroatoms. The van der Waals surface area contributed by atoms with E-state index >= 15 is 0 Å². The molecule has 0 aliphatic carbocycles. The van der Waals surface area contributed by atoms with Gasteiger partial charge in [-0.05, 0) is 29.7 Å². The van der Waals surface area contributed by atoms with Crippen LogP contribution in [0, 0.1) is 0 Å². The highest BCUT2D eigenvalue weighted by molar-refractivity contribution is 6.06. The van der Waals surface area contributed by atoms with Crippen molar-refractivity contribution in [1.29, 1.82) is 0 Å². The molecule has 0 spiro atoms. The molecule has 3 aromatic carbocycles. The van der Waals surface area contributed by atoms with Gasteiger partial charge in [-0.2, -0.15) is 5.10 Å². The van der Waals surface area contributed by atoms with Crippen molar-refractivity contribution >= 4 is 22.6 Å². The summed E-state index contributed by atoms with van der Waals surface area (Å²) in [6.07, 6.45) is 0.588.